The highest BCUT2D eigenvalue weighted by Gasteiger charge is 2.58. The maximum absolute atomic E-state index is 13.2. The number of nitrogens with one attached hydrogen (secondary N) is 1. The normalized spacial score (nSPS) is 17.6. The van der Waals surface area contributed by atoms with Crippen molar-refractivity contribution in [2.24, 2.45) is 10.9 Å². The fraction of sp³-hybridized carbons (Fsp3) is 0.304. The van der Waals surface area contributed by atoms with Crippen molar-refractivity contribution in [3.8, 4) is 5.75 Å². The number of carboxylic acid groups (broad SMARTS) is 1. The molecule has 19 heteroatoms. The van der Waals surface area contributed by atoms with Crippen LogP contribution >= 0.6 is 11.3 Å². The summed E-state index contributed by atoms with van der Waals surface area (Å²) in [6, 6.07) is 4.74. The quantitative estimate of drug-likeness (QED) is 0.0672. The number of nitrogens with two attached hydrogens (primary N) is 2. The number of anilines is 1. The number of β-lactam (4-membered cyclic amide) rings is 1. The van der Waals surface area contributed by atoms with Gasteiger partial charge in [-0.3, -0.25) is 18.6 Å². The van der Waals surface area contributed by atoms with Gasteiger partial charge >= 0.3 is 16.4 Å². The Labute approximate surface area is 242 Å². The van der Waals surface area contributed by atoms with E-state index in [4.69, 9.17) is 21.0 Å². The number of nitrogen functional groups attached to an aromatic ring is 1. The molecule has 0 spiro atoms. The minimum Gasteiger partial charge on any atom is -0.489 e. The second-order valence-electron chi connectivity index (χ2n) is 8.86. The molecule has 1 aromatic heterocycles. The number of rotatable bonds is 14. The van der Waals surface area contributed by atoms with Crippen LogP contribution in [0, 0.1) is 0 Å². The molecule has 17 nitrogen and oxygen atoms in total. The summed E-state index contributed by atoms with van der Waals surface area (Å²) in [5.41, 5.74) is 9.83. The number of aldehydes is 1. The Bertz CT molecular complexity index is 1520. The summed E-state index contributed by atoms with van der Waals surface area (Å²) in [6.07, 6.45) is 0.00235. The third-order valence-corrected chi connectivity index (χ3v) is 7.16. The van der Waals surface area contributed by atoms with E-state index in [2.05, 4.69) is 23.9 Å². The van der Waals surface area contributed by atoms with Gasteiger partial charge in [-0.2, -0.15) is 13.5 Å². The van der Waals surface area contributed by atoms with Crippen LogP contribution in [0.2, 0.25) is 0 Å². The molecule has 0 bridgehead atoms. The summed E-state index contributed by atoms with van der Waals surface area (Å²) in [7, 11) is -3.68. The summed E-state index contributed by atoms with van der Waals surface area (Å²) >= 11 is 0.953. The van der Waals surface area contributed by atoms with Crippen molar-refractivity contribution in [3.63, 3.8) is 0 Å². The maximum Gasteiger partial charge on any atom is 0.420 e. The number of hydrogen-bond acceptors (Lipinski definition) is 15. The molecule has 1 saturated heterocycles. The first-order valence-electron chi connectivity index (χ1n) is 11.7. The molecule has 2 aromatic rings. The van der Waals surface area contributed by atoms with Crippen molar-refractivity contribution in [2.45, 2.75) is 31.5 Å². The third kappa shape index (κ3) is 7.18. The average molecular weight is 627 g/mol. The smallest absolute Gasteiger partial charge is 0.420 e. The van der Waals surface area contributed by atoms with Gasteiger partial charge in [0, 0.05) is 17.2 Å². The number of benzene rings is 1. The van der Waals surface area contributed by atoms with Crippen molar-refractivity contribution in [1.29, 1.82) is 0 Å². The Balaban J connectivity index is 1.76. The van der Waals surface area contributed by atoms with Gasteiger partial charge < -0.3 is 31.5 Å². The summed E-state index contributed by atoms with van der Waals surface area (Å²) in [6.45, 7) is 2.28. The number of aliphatic carboxylic acids is 1. The zero-order valence-electron chi connectivity index (χ0n) is 22.2. The van der Waals surface area contributed by atoms with Crippen LogP contribution in [0.15, 0.2) is 41.0 Å². The van der Waals surface area contributed by atoms with Crippen LogP contribution < -0.4 is 21.5 Å². The topological polar surface area (TPSA) is 252 Å². The lowest BCUT2D eigenvalue weighted by Gasteiger charge is -2.50. The van der Waals surface area contributed by atoms with E-state index in [0.717, 1.165) is 24.6 Å². The molecule has 42 heavy (non-hydrogen) atoms. The van der Waals surface area contributed by atoms with Gasteiger partial charge in [-0.25, -0.2) is 9.78 Å². The summed E-state index contributed by atoms with van der Waals surface area (Å²) in [5.74, 6) is -3.18. The number of amides is 2. The fourth-order valence-corrected chi connectivity index (χ4v) is 4.49. The number of nitrogens with zero attached hydrogens (tertiary/aromatic N) is 3. The van der Waals surface area contributed by atoms with Gasteiger partial charge in [0.25, 0.3) is 17.9 Å². The Kier molecular flexibility index (Phi) is 9.83. The number of ether oxygens (including phenoxy) is 1. The molecular weight excluding hydrogens is 600 g/mol. The Hall–Kier alpha value is -4.59. The highest BCUT2D eigenvalue weighted by Crippen LogP contribution is 2.33. The minimum absolute atomic E-state index is 0.0543. The molecule has 1 aromatic carbocycles. The lowest BCUT2D eigenvalue weighted by atomic mass is 9.84. The highest BCUT2D eigenvalue weighted by atomic mass is 32.3. The number of carboxylic acids is 1. The zero-order chi connectivity index (χ0) is 31.2. The predicted molar refractivity (Wildman–Crippen MR) is 146 cm³/mol. The molecule has 0 saturated carbocycles. The van der Waals surface area contributed by atoms with Crippen molar-refractivity contribution < 1.29 is 50.7 Å². The number of hydrogen-bond donors (Lipinski definition) is 4. The van der Waals surface area contributed by atoms with Gasteiger partial charge in [-0.15, -0.1) is 15.6 Å². The highest BCUT2D eigenvalue weighted by molar-refractivity contribution is 7.81. The third-order valence-electron chi connectivity index (χ3n) is 5.74. The molecule has 1 aliphatic heterocycles. The predicted octanol–water partition coefficient (Wildman–Crippen LogP) is -0.595. The van der Waals surface area contributed by atoms with Crippen molar-refractivity contribution >= 4 is 62.2 Å². The maximum atomic E-state index is 13.2. The van der Waals surface area contributed by atoms with Gasteiger partial charge in [0.1, 0.15) is 24.1 Å². The van der Waals surface area contributed by atoms with E-state index in [1.165, 1.54) is 43.5 Å². The number of oxime groups is 1. The molecular formula is C23H26N6O11S2. The molecule has 0 aliphatic carbocycles. The molecule has 6 N–H and O–H groups in total. The van der Waals surface area contributed by atoms with Gasteiger partial charge in [0.05, 0.1) is 12.6 Å². The second-order valence-corrected chi connectivity index (χ2v) is 11.0. The second kappa shape index (κ2) is 12.9. The van der Waals surface area contributed by atoms with E-state index in [-0.39, 0.29) is 22.1 Å². The van der Waals surface area contributed by atoms with E-state index in [0.29, 0.717) is 16.9 Å². The largest absolute Gasteiger partial charge is 0.489 e. The van der Waals surface area contributed by atoms with E-state index < -0.39 is 58.2 Å². The monoisotopic (exact) mass is 626 g/mol. The summed E-state index contributed by atoms with van der Waals surface area (Å²) in [4.78, 5) is 57.7. The van der Waals surface area contributed by atoms with Gasteiger partial charge in [0.2, 0.25) is 0 Å². The van der Waals surface area contributed by atoms with E-state index >= 15 is 0 Å². The van der Waals surface area contributed by atoms with Crippen LogP contribution in [-0.4, -0.2) is 84.8 Å². The summed E-state index contributed by atoms with van der Waals surface area (Å²) in [5, 5.41) is 17.6. The number of thiazole rings is 1. The summed E-state index contributed by atoms with van der Waals surface area (Å²) < 4.78 is 37.5. The van der Waals surface area contributed by atoms with Gasteiger partial charge in [-0.1, -0.05) is 17.3 Å². The Morgan fingerprint density at radius 2 is 1.98 bits per heavy atom. The van der Waals surface area contributed by atoms with Crippen molar-refractivity contribution in [1.82, 2.24) is 15.4 Å². The minimum atomic E-state index is -4.52. The molecule has 2 atom stereocenters. The number of hydroxylamine groups is 2. The van der Waals surface area contributed by atoms with Crippen molar-refractivity contribution in [3.05, 3.63) is 47.1 Å². The number of carbonyl (C=O) groups is 4. The van der Waals surface area contributed by atoms with Crippen LogP contribution in [0.4, 0.5) is 5.13 Å². The number of allylic oxidation sites excluding steroid dienone is 1. The average Bonchev–Trinajstić information content (AvgIpc) is 3.38. The first kappa shape index (κ1) is 31.9. The van der Waals surface area contributed by atoms with Crippen LogP contribution in [-0.2, 0) is 42.9 Å². The van der Waals surface area contributed by atoms with E-state index in [1.807, 2.05) is 0 Å². The van der Waals surface area contributed by atoms with Crippen LogP contribution in [0.25, 0.3) is 5.57 Å². The molecule has 3 rings (SSSR count). The molecule has 2 heterocycles. The number of carbonyl (C=O) groups excluding carboxylic acids is 3. The zero-order valence-corrected chi connectivity index (χ0v) is 23.9. The Morgan fingerprint density at radius 3 is 2.48 bits per heavy atom. The molecule has 1 aliphatic rings. The van der Waals surface area contributed by atoms with Crippen LogP contribution in [0.3, 0.4) is 0 Å². The lowest BCUT2D eigenvalue weighted by molar-refractivity contribution is -0.218. The molecule has 0 unspecified atom stereocenters. The Morgan fingerprint density at radius 1 is 1.31 bits per heavy atom. The fourth-order valence-electron chi connectivity index (χ4n) is 3.43. The lowest BCUT2D eigenvalue weighted by Crippen LogP contribution is -2.76. The molecule has 0 radical (unpaired) electrons. The van der Waals surface area contributed by atoms with Crippen LogP contribution in [0.1, 0.15) is 25.1 Å². The van der Waals surface area contributed by atoms with E-state index in [9.17, 15) is 32.7 Å². The van der Waals surface area contributed by atoms with Gasteiger partial charge in [0.15, 0.2) is 17.1 Å². The SMILES string of the molecule is COS(=O)(=O)ON1C(=O)[C@@H](NC(=O)/C(=N\O[C@@H](COc2ccc(C(C=O)=CN)cc2)C(=O)O)c2csc(N)n2)C1(C)C. The molecule has 226 valence electrons. The molecule has 2 amide bonds. The standard InChI is InChI=1S/C23H26N6O11S2/c1-23(2)18(20(32)29(23)40-42(35,36)37-3)27-19(31)17(15-11-41-22(25)26-15)28-39-16(21(33)34)10-38-14-6-4-12(5-7-14)13(8-24)9-30/h4-9,11,16,18H,10,24H2,1-3H3,(H2,25,26)(H,27,31)(H,33,34)/b13-8?,28-17-/t16-,18+/m0/s1. The first-order chi connectivity index (χ1) is 19.7. The first-order valence-corrected chi connectivity index (χ1v) is 13.9. The van der Waals surface area contributed by atoms with E-state index in [1.54, 1.807) is 0 Å². The van der Waals surface area contributed by atoms with Crippen molar-refractivity contribution in [2.75, 3.05) is 19.5 Å². The van der Waals surface area contributed by atoms with Crippen LogP contribution in [0.5, 0.6) is 5.75 Å². The molecule has 1 fully saturated rings. The van der Waals surface area contributed by atoms with Gasteiger partial charge in [-0.05, 0) is 31.5 Å². The number of aromatic nitrogens is 1.